The van der Waals surface area contributed by atoms with E-state index in [1.165, 1.54) is 12.1 Å². The molecule has 4 nitrogen and oxygen atoms in total. The molecular formula is C15H14FN3O. The van der Waals surface area contributed by atoms with E-state index in [2.05, 4.69) is 15.5 Å². The average molecular weight is 271 g/mol. The number of benzene rings is 1. The smallest absolute Gasteiger partial charge is 0.244 e. The summed E-state index contributed by atoms with van der Waals surface area (Å²) < 4.78 is 12.7. The van der Waals surface area contributed by atoms with E-state index in [0.29, 0.717) is 5.71 Å². The van der Waals surface area contributed by atoms with E-state index in [1.807, 2.05) is 12.1 Å². The van der Waals surface area contributed by atoms with Gasteiger partial charge < -0.3 is 0 Å². The molecule has 0 radical (unpaired) electrons. The number of rotatable bonds is 4. The maximum Gasteiger partial charge on any atom is 0.244 e. The van der Waals surface area contributed by atoms with Gasteiger partial charge in [-0.2, -0.15) is 5.10 Å². The Bertz CT molecular complexity index is 609. The summed E-state index contributed by atoms with van der Waals surface area (Å²) in [5, 5.41) is 4.02. The zero-order valence-electron chi connectivity index (χ0n) is 11.0. The number of carbonyl (C=O) groups excluding carboxylic acids is 1. The summed E-state index contributed by atoms with van der Waals surface area (Å²) in [7, 11) is 0. The van der Waals surface area contributed by atoms with Gasteiger partial charge in [-0.25, -0.2) is 9.82 Å². The first-order valence-electron chi connectivity index (χ1n) is 6.13. The summed E-state index contributed by atoms with van der Waals surface area (Å²) in [5.74, 6) is -0.564. The number of hydrogen-bond acceptors (Lipinski definition) is 3. The Morgan fingerprint density at radius 2 is 1.85 bits per heavy atom. The van der Waals surface area contributed by atoms with Crippen LogP contribution < -0.4 is 5.43 Å². The summed E-state index contributed by atoms with van der Waals surface area (Å²) in [6.45, 7) is 1.80. The molecule has 102 valence electrons. The second-order valence-electron chi connectivity index (χ2n) is 4.27. The van der Waals surface area contributed by atoms with Gasteiger partial charge in [-0.15, -0.1) is 0 Å². The number of halogens is 1. The van der Waals surface area contributed by atoms with Crippen molar-refractivity contribution in [1.82, 2.24) is 10.4 Å². The van der Waals surface area contributed by atoms with Gasteiger partial charge in [-0.3, -0.25) is 9.78 Å². The summed E-state index contributed by atoms with van der Waals surface area (Å²) >= 11 is 0. The summed E-state index contributed by atoms with van der Waals surface area (Å²) in [6, 6.07) is 9.43. The van der Waals surface area contributed by atoms with E-state index in [-0.39, 0.29) is 18.1 Å². The first-order chi connectivity index (χ1) is 9.65. The monoisotopic (exact) mass is 271 g/mol. The van der Waals surface area contributed by atoms with Crippen LogP contribution in [-0.4, -0.2) is 16.6 Å². The van der Waals surface area contributed by atoms with Crippen LogP contribution in [0.25, 0.3) is 0 Å². The van der Waals surface area contributed by atoms with Crippen molar-refractivity contribution in [2.45, 2.75) is 13.3 Å². The Hall–Kier alpha value is -2.56. The number of amides is 1. The SMILES string of the molecule is C/C(=N\NC(=O)Cc1ccc(F)cc1)c1ccncc1. The minimum Gasteiger partial charge on any atom is -0.273 e. The average Bonchev–Trinajstić information content (AvgIpc) is 2.48. The lowest BCUT2D eigenvalue weighted by molar-refractivity contribution is -0.120. The van der Waals surface area contributed by atoms with Crippen molar-refractivity contribution in [3.8, 4) is 0 Å². The van der Waals surface area contributed by atoms with Gasteiger partial charge in [-0.05, 0) is 36.8 Å². The van der Waals surface area contributed by atoms with Crippen LogP contribution in [0.3, 0.4) is 0 Å². The molecule has 1 heterocycles. The van der Waals surface area contributed by atoms with Gasteiger partial charge in [0, 0.05) is 18.0 Å². The van der Waals surface area contributed by atoms with E-state index in [1.54, 1.807) is 31.5 Å². The van der Waals surface area contributed by atoms with Gasteiger partial charge >= 0.3 is 0 Å². The Morgan fingerprint density at radius 1 is 1.20 bits per heavy atom. The number of carbonyl (C=O) groups is 1. The molecule has 1 aromatic heterocycles. The molecule has 20 heavy (non-hydrogen) atoms. The van der Waals surface area contributed by atoms with Crippen molar-refractivity contribution in [2.24, 2.45) is 5.10 Å². The van der Waals surface area contributed by atoms with Gasteiger partial charge in [0.05, 0.1) is 12.1 Å². The fourth-order valence-corrected chi connectivity index (χ4v) is 1.63. The molecule has 2 rings (SSSR count). The Balaban J connectivity index is 1.93. The van der Waals surface area contributed by atoms with E-state index < -0.39 is 0 Å². The fourth-order valence-electron chi connectivity index (χ4n) is 1.63. The largest absolute Gasteiger partial charge is 0.273 e. The van der Waals surface area contributed by atoms with Gasteiger partial charge in [0.25, 0.3) is 0 Å². The molecule has 2 aromatic rings. The number of nitrogens with one attached hydrogen (secondary N) is 1. The zero-order valence-corrected chi connectivity index (χ0v) is 11.0. The van der Waals surface area contributed by atoms with Crippen molar-refractivity contribution in [3.63, 3.8) is 0 Å². The third kappa shape index (κ3) is 3.98. The van der Waals surface area contributed by atoms with Crippen LogP contribution in [0.4, 0.5) is 4.39 Å². The lowest BCUT2D eigenvalue weighted by Crippen LogP contribution is -2.21. The fraction of sp³-hybridized carbons (Fsp3) is 0.133. The number of hydrazone groups is 1. The van der Waals surface area contributed by atoms with Crippen molar-refractivity contribution < 1.29 is 9.18 Å². The molecule has 0 bridgehead atoms. The van der Waals surface area contributed by atoms with E-state index in [4.69, 9.17) is 0 Å². The highest BCUT2D eigenvalue weighted by Gasteiger charge is 2.03. The first-order valence-corrected chi connectivity index (χ1v) is 6.13. The first kappa shape index (κ1) is 13.9. The molecule has 5 heteroatoms. The van der Waals surface area contributed by atoms with Crippen molar-refractivity contribution in [2.75, 3.05) is 0 Å². The minimum absolute atomic E-state index is 0.160. The van der Waals surface area contributed by atoms with Gasteiger partial charge in [0.1, 0.15) is 5.82 Å². The predicted molar refractivity (Wildman–Crippen MR) is 74.7 cm³/mol. The maximum absolute atomic E-state index is 12.7. The number of hydrogen-bond donors (Lipinski definition) is 1. The number of aromatic nitrogens is 1. The van der Waals surface area contributed by atoms with E-state index in [0.717, 1.165) is 11.1 Å². The second-order valence-corrected chi connectivity index (χ2v) is 4.27. The molecular weight excluding hydrogens is 257 g/mol. The maximum atomic E-state index is 12.7. The normalized spacial score (nSPS) is 11.2. The Labute approximate surface area is 116 Å². The molecule has 0 fully saturated rings. The molecule has 0 aliphatic heterocycles. The molecule has 1 aromatic carbocycles. The standard InChI is InChI=1S/C15H14FN3O/c1-11(13-6-8-17-9-7-13)18-19-15(20)10-12-2-4-14(16)5-3-12/h2-9H,10H2,1H3,(H,19,20)/b18-11+. The van der Waals surface area contributed by atoms with E-state index in [9.17, 15) is 9.18 Å². The van der Waals surface area contributed by atoms with Gasteiger partial charge in [0.2, 0.25) is 5.91 Å². The quantitative estimate of drug-likeness (QED) is 0.685. The van der Waals surface area contributed by atoms with Gasteiger partial charge in [-0.1, -0.05) is 12.1 Å². The molecule has 0 spiro atoms. The summed E-state index contributed by atoms with van der Waals surface area (Å²) in [4.78, 5) is 15.6. The highest BCUT2D eigenvalue weighted by atomic mass is 19.1. The lowest BCUT2D eigenvalue weighted by Gasteiger charge is -2.03. The Morgan fingerprint density at radius 3 is 2.50 bits per heavy atom. The summed E-state index contributed by atoms with van der Waals surface area (Å²) in [5.41, 5.74) is 4.80. The number of pyridine rings is 1. The topological polar surface area (TPSA) is 54.4 Å². The van der Waals surface area contributed by atoms with Crippen LogP contribution >= 0.6 is 0 Å². The van der Waals surface area contributed by atoms with Crippen molar-refractivity contribution >= 4 is 11.6 Å². The van der Waals surface area contributed by atoms with Crippen LogP contribution in [0.2, 0.25) is 0 Å². The number of nitrogens with zero attached hydrogens (tertiary/aromatic N) is 2. The second kappa shape index (κ2) is 6.56. The van der Waals surface area contributed by atoms with Crippen molar-refractivity contribution in [3.05, 3.63) is 65.7 Å². The summed E-state index contributed by atoms with van der Waals surface area (Å²) in [6.07, 6.45) is 3.48. The highest BCUT2D eigenvalue weighted by Crippen LogP contribution is 2.03. The minimum atomic E-state index is -0.319. The molecule has 0 aliphatic rings. The molecule has 0 unspecified atom stereocenters. The van der Waals surface area contributed by atoms with Crippen LogP contribution in [-0.2, 0) is 11.2 Å². The third-order valence-electron chi connectivity index (χ3n) is 2.72. The van der Waals surface area contributed by atoms with E-state index >= 15 is 0 Å². The molecule has 0 saturated heterocycles. The predicted octanol–water partition coefficient (Wildman–Crippen LogP) is 2.30. The van der Waals surface area contributed by atoms with Crippen molar-refractivity contribution in [1.29, 1.82) is 0 Å². The Kier molecular flexibility index (Phi) is 4.55. The zero-order chi connectivity index (χ0) is 14.4. The molecule has 0 aliphatic carbocycles. The molecule has 1 amide bonds. The molecule has 0 atom stereocenters. The molecule has 1 N–H and O–H groups in total. The van der Waals surface area contributed by atoms with Crippen LogP contribution in [0.15, 0.2) is 53.9 Å². The van der Waals surface area contributed by atoms with Crippen LogP contribution in [0.5, 0.6) is 0 Å². The van der Waals surface area contributed by atoms with Crippen LogP contribution in [0.1, 0.15) is 18.1 Å². The van der Waals surface area contributed by atoms with Gasteiger partial charge in [0.15, 0.2) is 0 Å². The molecule has 0 saturated carbocycles. The van der Waals surface area contributed by atoms with Crippen LogP contribution in [0, 0.1) is 5.82 Å². The highest BCUT2D eigenvalue weighted by molar-refractivity contribution is 5.99. The third-order valence-corrected chi connectivity index (χ3v) is 2.72. The lowest BCUT2D eigenvalue weighted by atomic mass is 10.1.